The van der Waals surface area contributed by atoms with E-state index in [0.717, 1.165) is 10.6 Å². The monoisotopic (exact) mass is 268 g/mol. The van der Waals surface area contributed by atoms with E-state index < -0.39 is 0 Å². The van der Waals surface area contributed by atoms with Gasteiger partial charge in [-0.1, -0.05) is 23.2 Å². The maximum atomic E-state index is 6.10. The van der Waals surface area contributed by atoms with Gasteiger partial charge in [0.2, 0.25) is 0 Å². The summed E-state index contributed by atoms with van der Waals surface area (Å²) in [7, 11) is 0. The van der Waals surface area contributed by atoms with Gasteiger partial charge in [0.1, 0.15) is 0 Å². The lowest BCUT2D eigenvalue weighted by Crippen LogP contribution is -2.12. The molecule has 0 heterocycles. The van der Waals surface area contributed by atoms with E-state index >= 15 is 0 Å². The van der Waals surface area contributed by atoms with Crippen LogP contribution in [-0.4, -0.2) is 5.21 Å². The van der Waals surface area contributed by atoms with Gasteiger partial charge >= 0.3 is 0 Å². The van der Waals surface area contributed by atoms with Crippen molar-refractivity contribution in [3.63, 3.8) is 0 Å². The summed E-state index contributed by atoms with van der Waals surface area (Å²) in [5.41, 5.74) is 1.03. The largest absolute Gasteiger partial charge is 0.135 e. The highest BCUT2D eigenvalue weighted by molar-refractivity contribution is 8.01. The summed E-state index contributed by atoms with van der Waals surface area (Å²) >= 11 is 19.4. The minimum Gasteiger partial charge on any atom is -0.135 e. The molecule has 0 aliphatic rings. The molecule has 0 amide bonds. The number of hydrogen-bond acceptors (Lipinski definition) is 1. The molecule has 4 heteroatoms. The number of rotatable bonds is 3. The second-order valence-corrected chi connectivity index (χ2v) is 6.41. The van der Waals surface area contributed by atoms with Gasteiger partial charge in [0.05, 0.1) is 5.21 Å². The maximum Gasteiger partial charge on any atom is 0.0689 e. The zero-order valence-electron chi connectivity index (χ0n) is 7.98. The highest BCUT2D eigenvalue weighted by atomic mass is 35.5. The molecule has 0 bridgehead atoms. The molecule has 0 aromatic heterocycles. The van der Waals surface area contributed by atoms with Gasteiger partial charge in [0, 0.05) is 14.8 Å². The smallest absolute Gasteiger partial charge is 0.0689 e. The fraction of sp³-hybridized carbons (Fsp3) is 0.400. The predicted octanol–water partition coefficient (Wildman–Crippen LogP) is 5.16. The third kappa shape index (κ3) is 2.96. The van der Waals surface area contributed by atoms with Crippen LogP contribution >= 0.6 is 46.6 Å². The van der Waals surface area contributed by atoms with Crippen LogP contribution in [0.4, 0.5) is 0 Å². The molecule has 0 spiro atoms. The van der Waals surface area contributed by atoms with Crippen molar-refractivity contribution in [2.75, 3.05) is 5.21 Å². The number of benzene rings is 1. The second kappa shape index (κ2) is 4.98. The third-order valence-corrected chi connectivity index (χ3v) is 3.94. The SMILES string of the molecule is CC(C)(SCCl)c1cc(Cl)ccc1Cl. The minimum atomic E-state index is -0.107. The Kier molecular flexibility index (Phi) is 4.45. The van der Waals surface area contributed by atoms with Crippen LogP contribution in [0.15, 0.2) is 18.2 Å². The van der Waals surface area contributed by atoms with Gasteiger partial charge in [-0.25, -0.2) is 0 Å². The first-order valence-electron chi connectivity index (χ1n) is 4.13. The molecule has 0 N–H and O–H groups in total. The highest BCUT2D eigenvalue weighted by Gasteiger charge is 2.23. The van der Waals surface area contributed by atoms with Crippen LogP contribution in [0, 0.1) is 0 Å². The summed E-state index contributed by atoms with van der Waals surface area (Å²) in [6.45, 7) is 4.16. The molecule has 0 radical (unpaired) electrons. The summed E-state index contributed by atoms with van der Waals surface area (Å²) < 4.78 is -0.107. The van der Waals surface area contributed by atoms with Crippen LogP contribution in [0.1, 0.15) is 19.4 Å². The average Bonchev–Trinajstić information content (AvgIpc) is 2.09. The zero-order valence-corrected chi connectivity index (χ0v) is 11.1. The van der Waals surface area contributed by atoms with E-state index in [1.54, 1.807) is 17.8 Å². The third-order valence-electron chi connectivity index (χ3n) is 1.99. The number of alkyl halides is 1. The molecular formula is C10H11Cl3S. The Morgan fingerprint density at radius 2 is 1.93 bits per heavy atom. The summed E-state index contributed by atoms with van der Waals surface area (Å²) in [6.07, 6.45) is 0. The van der Waals surface area contributed by atoms with Crippen LogP contribution < -0.4 is 0 Å². The molecule has 14 heavy (non-hydrogen) atoms. The molecular weight excluding hydrogens is 259 g/mol. The van der Waals surface area contributed by atoms with Crippen molar-refractivity contribution in [3.05, 3.63) is 33.8 Å². The molecule has 0 unspecified atom stereocenters. The molecule has 78 valence electrons. The topological polar surface area (TPSA) is 0 Å². The van der Waals surface area contributed by atoms with Gasteiger partial charge in [-0.2, -0.15) is 0 Å². The highest BCUT2D eigenvalue weighted by Crippen LogP contribution is 2.40. The molecule has 0 atom stereocenters. The van der Waals surface area contributed by atoms with Crippen LogP contribution in [0.5, 0.6) is 0 Å². The molecule has 0 fully saturated rings. The molecule has 0 aliphatic carbocycles. The molecule has 0 saturated carbocycles. The van der Waals surface area contributed by atoms with Crippen LogP contribution in [-0.2, 0) is 4.75 Å². The van der Waals surface area contributed by atoms with Crippen LogP contribution in [0.25, 0.3) is 0 Å². The Morgan fingerprint density at radius 3 is 2.50 bits per heavy atom. The molecule has 1 aromatic rings. The Labute approximate surface area is 104 Å². The van der Waals surface area contributed by atoms with Gasteiger partial charge in [0.25, 0.3) is 0 Å². The Balaban J connectivity index is 3.10. The normalized spacial score (nSPS) is 11.8. The fourth-order valence-electron chi connectivity index (χ4n) is 1.17. The van der Waals surface area contributed by atoms with E-state index in [4.69, 9.17) is 34.8 Å². The van der Waals surface area contributed by atoms with E-state index in [9.17, 15) is 0 Å². The summed E-state index contributed by atoms with van der Waals surface area (Å²) in [4.78, 5) is 0. The van der Waals surface area contributed by atoms with Crippen molar-refractivity contribution in [1.82, 2.24) is 0 Å². The van der Waals surface area contributed by atoms with E-state index in [-0.39, 0.29) is 4.75 Å². The number of thioether (sulfide) groups is 1. The molecule has 0 aliphatic heterocycles. The van der Waals surface area contributed by atoms with E-state index in [0.29, 0.717) is 10.2 Å². The van der Waals surface area contributed by atoms with Gasteiger partial charge in [-0.05, 0) is 37.6 Å². The maximum absolute atomic E-state index is 6.10. The Bertz CT molecular complexity index is 323. The Hall–Kier alpha value is 0.440. The quantitative estimate of drug-likeness (QED) is 0.683. The first-order valence-corrected chi connectivity index (χ1v) is 6.40. The van der Waals surface area contributed by atoms with Crippen molar-refractivity contribution < 1.29 is 0 Å². The van der Waals surface area contributed by atoms with Gasteiger partial charge < -0.3 is 0 Å². The van der Waals surface area contributed by atoms with Gasteiger partial charge in [-0.15, -0.1) is 23.4 Å². The first-order chi connectivity index (χ1) is 6.47. The fourth-order valence-corrected chi connectivity index (χ4v) is 3.17. The lowest BCUT2D eigenvalue weighted by atomic mass is 10.0. The van der Waals surface area contributed by atoms with Crippen molar-refractivity contribution in [3.8, 4) is 0 Å². The average molecular weight is 270 g/mol. The van der Waals surface area contributed by atoms with E-state index in [2.05, 4.69) is 13.8 Å². The second-order valence-electron chi connectivity index (χ2n) is 3.39. The minimum absolute atomic E-state index is 0.107. The molecule has 1 aromatic carbocycles. The molecule has 0 nitrogen and oxygen atoms in total. The first kappa shape index (κ1) is 12.5. The summed E-state index contributed by atoms with van der Waals surface area (Å²) in [5.74, 6) is 0. The van der Waals surface area contributed by atoms with Crippen molar-refractivity contribution in [1.29, 1.82) is 0 Å². The number of hydrogen-bond donors (Lipinski definition) is 0. The standard InChI is InChI=1S/C10H11Cl3S/c1-10(2,14-6-11)8-5-7(12)3-4-9(8)13/h3-5H,6H2,1-2H3. The molecule has 0 saturated heterocycles. The predicted molar refractivity (Wildman–Crippen MR) is 67.8 cm³/mol. The zero-order chi connectivity index (χ0) is 10.8. The van der Waals surface area contributed by atoms with Crippen molar-refractivity contribution >= 4 is 46.6 Å². The van der Waals surface area contributed by atoms with E-state index in [1.165, 1.54) is 0 Å². The van der Waals surface area contributed by atoms with Gasteiger partial charge in [0.15, 0.2) is 0 Å². The summed E-state index contributed by atoms with van der Waals surface area (Å²) in [6, 6.07) is 5.49. The summed E-state index contributed by atoms with van der Waals surface area (Å²) in [5, 5.41) is 1.97. The lowest BCUT2D eigenvalue weighted by molar-refractivity contribution is 0.785. The van der Waals surface area contributed by atoms with Gasteiger partial charge in [-0.3, -0.25) is 0 Å². The number of halogens is 3. The van der Waals surface area contributed by atoms with Crippen LogP contribution in [0.2, 0.25) is 10.0 Å². The van der Waals surface area contributed by atoms with Crippen molar-refractivity contribution in [2.45, 2.75) is 18.6 Å². The van der Waals surface area contributed by atoms with E-state index in [1.807, 2.05) is 12.1 Å². The molecule has 1 rings (SSSR count). The Morgan fingerprint density at radius 1 is 1.29 bits per heavy atom. The van der Waals surface area contributed by atoms with Crippen LogP contribution in [0.3, 0.4) is 0 Å². The van der Waals surface area contributed by atoms with Crippen molar-refractivity contribution in [2.24, 2.45) is 0 Å². The lowest BCUT2D eigenvalue weighted by Gasteiger charge is -2.24.